The fourth-order valence-corrected chi connectivity index (χ4v) is 3.74. The monoisotopic (exact) mass is 422 g/mol. The van der Waals surface area contributed by atoms with Gasteiger partial charge in [-0.2, -0.15) is 0 Å². The van der Waals surface area contributed by atoms with Crippen LogP contribution >= 0.6 is 0 Å². The van der Waals surface area contributed by atoms with Crippen molar-refractivity contribution in [3.05, 3.63) is 72.6 Å². The van der Waals surface area contributed by atoms with Gasteiger partial charge in [-0.15, -0.1) is 0 Å². The SMILES string of the molecule is CCNC(=NCc1ccc(-n2ccnc2)c(F)c1)N1CCN(c2ccccc2O)CC1. The lowest BCUT2D eigenvalue weighted by Crippen LogP contribution is -2.52. The molecule has 0 spiro atoms. The zero-order valence-corrected chi connectivity index (χ0v) is 17.6. The summed E-state index contributed by atoms with van der Waals surface area (Å²) < 4.78 is 16.2. The van der Waals surface area contributed by atoms with Crippen molar-refractivity contribution < 1.29 is 9.50 Å². The number of imidazole rings is 1. The van der Waals surface area contributed by atoms with Crippen molar-refractivity contribution in [1.29, 1.82) is 0 Å². The molecular formula is C23H27FN6O. The highest BCUT2D eigenvalue weighted by Gasteiger charge is 2.21. The van der Waals surface area contributed by atoms with Crippen LogP contribution in [0.1, 0.15) is 12.5 Å². The predicted molar refractivity (Wildman–Crippen MR) is 120 cm³/mol. The molecule has 1 aromatic heterocycles. The third-order valence-corrected chi connectivity index (χ3v) is 5.34. The van der Waals surface area contributed by atoms with Gasteiger partial charge in [-0.3, -0.25) is 0 Å². The molecule has 7 nitrogen and oxygen atoms in total. The van der Waals surface area contributed by atoms with Crippen LogP contribution in [0.3, 0.4) is 0 Å². The second kappa shape index (κ2) is 9.51. The lowest BCUT2D eigenvalue weighted by Gasteiger charge is -2.37. The van der Waals surface area contributed by atoms with Gasteiger partial charge in [0.15, 0.2) is 5.96 Å². The number of guanidine groups is 1. The molecule has 2 heterocycles. The Balaban J connectivity index is 1.42. The zero-order valence-electron chi connectivity index (χ0n) is 17.6. The van der Waals surface area contributed by atoms with Gasteiger partial charge in [0.25, 0.3) is 0 Å². The van der Waals surface area contributed by atoms with Crippen LogP contribution < -0.4 is 10.2 Å². The molecule has 162 valence electrons. The summed E-state index contributed by atoms with van der Waals surface area (Å²) in [6.07, 6.45) is 4.92. The van der Waals surface area contributed by atoms with E-state index in [1.54, 1.807) is 35.4 Å². The maximum atomic E-state index is 14.5. The molecule has 0 bridgehead atoms. The molecule has 0 atom stereocenters. The highest BCUT2D eigenvalue weighted by atomic mass is 19.1. The van der Waals surface area contributed by atoms with Crippen LogP contribution in [0.2, 0.25) is 0 Å². The summed E-state index contributed by atoms with van der Waals surface area (Å²) in [7, 11) is 0. The zero-order chi connectivity index (χ0) is 21.6. The number of hydrogen-bond donors (Lipinski definition) is 2. The van der Waals surface area contributed by atoms with E-state index in [4.69, 9.17) is 4.99 Å². The number of nitrogens with zero attached hydrogens (tertiary/aromatic N) is 5. The number of phenolic OH excluding ortho intramolecular Hbond substituents is 1. The molecule has 4 rings (SSSR count). The summed E-state index contributed by atoms with van der Waals surface area (Å²) in [6.45, 7) is 6.33. The normalized spacial score (nSPS) is 14.7. The Labute approximate surface area is 181 Å². The number of aliphatic imine (C=N–C) groups is 1. The Morgan fingerprint density at radius 1 is 1.13 bits per heavy atom. The first-order valence-electron chi connectivity index (χ1n) is 10.5. The van der Waals surface area contributed by atoms with Gasteiger partial charge in [0.05, 0.1) is 24.2 Å². The average Bonchev–Trinajstić information content (AvgIpc) is 3.32. The van der Waals surface area contributed by atoms with Crippen LogP contribution in [-0.4, -0.2) is 58.2 Å². The standard InChI is InChI=1S/C23H27FN6O/c1-2-26-23(29-13-11-28(12-14-29)21-5-3-4-6-22(21)31)27-16-18-7-8-20(19(24)15-18)30-10-9-25-17-30/h3-10,15,17,31H,2,11-14,16H2,1H3,(H,26,27). The molecule has 0 unspecified atom stereocenters. The van der Waals surface area contributed by atoms with Crippen molar-refractivity contribution in [1.82, 2.24) is 19.8 Å². The first-order valence-corrected chi connectivity index (χ1v) is 10.5. The number of aromatic nitrogens is 2. The van der Waals surface area contributed by atoms with Gasteiger partial charge in [0.1, 0.15) is 11.6 Å². The maximum Gasteiger partial charge on any atom is 0.194 e. The Bertz CT molecular complexity index is 1030. The molecule has 0 saturated carbocycles. The lowest BCUT2D eigenvalue weighted by atomic mass is 10.2. The summed E-state index contributed by atoms with van der Waals surface area (Å²) in [5, 5.41) is 13.4. The van der Waals surface area contributed by atoms with Crippen molar-refractivity contribution in [3.8, 4) is 11.4 Å². The number of halogens is 1. The van der Waals surface area contributed by atoms with E-state index in [-0.39, 0.29) is 5.82 Å². The van der Waals surface area contributed by atoms with E-state index in [1.165, 1.54) is 6.07 Å². The minimum Gasteiger partial charge on any atom is -0.506 e. The van der Waals surface area contributed by atoms with Crippen molar-refractivity contribution in [2.75, 3.05) is 37.6 Å². The van der Waals surface area contributed by atoms with Gasteiger partial charge in [-0.25, -0.2) is 14.4 Å². The molecule has 31 heavy (non-hydrogen) atoms. The first-order chi connectivity index (χ1) is 15.2. The number of nitrogens with one attached hydrogen (secondary N) is 1. The summed E-state index contributed by atoms with van der Waals surface area (Å²) in [4.78, 5) is 13.1. The largest absolute Gasteiger partial charge is 0.506 e. The highest BCUT2D eigenvalue weighted by Crippen LogP contribution is 2.27. The Morgan fingerprint density at radius 2 is 1.94 bits per heavy atom. The van der Waals surface area contributed by atoms with Crippen molar-refractivity contribution in [3.63, 3.8) is 0 Å². The number of piperazine rings is 1. The molecule has 1 fully saturated rings. The van der Waals surface area contributed by atoms with E-state index in [2.05, 4.69) is 20.1 Å². The lowest BCUT2D eigenvalue weighted by molar-refractivity contribution is 0.369. The Hall–Kier alpha value is -3.55. The van der Waals surface area contributed by atoms with Gasteiger partial charge in [-0.1, -0.05) is 18.2 Å². The van der Waals surface area contributed by atoms with E-state index in [0.29, 0.717) is 18.0 Å². The minimum atomic E-state index is -0.299. The smallest absolute Gasteiger partial charge is 0.194 e. The molecule has 1 aliphatic heterocycles. The average molecular weight is 423 g/mol. The Kier molecular flexibility index (Phi) is 6.35. The van der Waals surface area contributed by atoms with Crippen LogP contribution in [0.25, 0.3) is 5.69 Å². The first kappa shape index (κ1) is 20.7. The third kappa shape index (κ3) is 4.79. The molecular weight excluding hydrogens is 395 g/mol. The topological polar surface area (TPSA) is 68.9 Å². The fourth-order valence-electron chi connectivity index (χ4n) is 3.74. The van der Waals surface area contributed by atoms with Crippen LogP contribution in [-0.2, 0) is 6.54 Å². The van der Waals surface area contributed by atoms with Crippen molar-refractivity contribution >= 4 is 11.6 Å². The summed E-state index contributed by atoms with van der Waals surface area (Å²) in [6, 6.07) is 12.6. The molecule has 8 heteroatoms. The summed E-state index contributed by atoms with van der Waals surface area (Å²) in [5.74, 6) is 0.822. The summed E-state index contributed by atoms with van der Waals surface area (Å²) >= 11 is 0. The van der Waals surface area contributed by atoms with E-state index >= 15 is 0 Å². The van der Waals surface area contributed by atoms with E-state index in [0.717, 1.165) is 49.9 Å². The number of rotatable bonds is 5. The van der Waals surface area contributed by atoms with Gasteiger partial charge in [0, 0.05) is 45.1 Å². The van der Waals surface area contributed by atoms with Crippen molar-refractivity contribution in [2.24, 2.45) is 4.99 Å². The number of aromatic hydroxyl groups is 1. The minimum absolute atomic E-state index is 0.299. The van der Waals surface area contributed by atoms with Gasteiger partial charge in [0.2, 0.25) is 0 Å². The maximum absolute atomic E-state index is 14.5. The van der Waals surface area contributed by atoms with Gasteiger partial charge in [-0.05, 0) is 36.8 Å². The third-order valence-electron chi connectivity index (χ3n) is 5.34. The number of phenols is 1. The second-order valence-corrected chi connectivity index (χ2v) is 7.39. The van der Waals surface area contributed by atoms with Gasteiger partial charge >= 0.3 is 0 Å². The van der Waals surface area contributed by atoms with Crippen LogP contribution in [0.15, 0.2) is 66.2 Å². The quantitative estimate of drug-likeness (QED) is 0.489. The van der Waals surface area contributed by atoms with Crippen LogP contribution in [0, 0.1) is 5.82 Å². The van der Waals surface area contributed by atoms with E-state index in [9.17, 15) is 9.50 Å². The highest BCUT2D eigenvalue weighted by molar-refractivity contribution is 5.80. The number of hydrogen-bond acceptors (Lipinski definition) is 4. The molecule has 0 aliphatic carbocycles. The number of anilines is 1. The van der Waals surface area contributed by atoms with Gasteiger partial charge < -0.3 is 24.8 Å². The molecule has 2 aromatic carbocycles. The van der Waals surface area contributed by atoms with E-state index < -0.39 is 0 Å². The number of para-hydroxylation sites is 2. The summed E-state index contributed by atoms with van der Waals surface area (Å²) in [5.41, 5.74) is 2.14. The second-order valence-electron chi connectivity index (χ2n) is 7.39. The van der Waals surface area contributed by atoms with Crippen LogP contribution in [0.4, 0.5) is 10.1 Å². The molecule has 3 aromatic rings. The molecule has 1 saturated heterocycles. The van der Waals surface area contributed by atoms with Crippen LogP contribution in [0.5, 0.6) is 5.75 Å². The molecule has 1 aliphatic rings. The van der Waals surface area contributed by atoms with E-state index in [1.807, 2.05) is 31.2 Å². The molecule has 2 N–H and O–H groups in total. The molecule has 0 amide bonds. The fraction of sp³-hybridized carbons (Fsp3) is 0.304. The molecule has 0 radical (unpaired) electrons. The Morgan fingerprint density at radius 3 is 2.61 bits per heavy atom. The number of benzene rings is 2. The van der Waals surface area contributed by atoms with Crippen molar-refractivity contribution in [2.45, 2.75) is 13.5 Å². The predicted octanol–water partition coefficient (Wildman–Crippen LogP) is 3.00.